The number of pyridine rings is 1. The molecule has 5 heteroatoms. The second kappa shape index (κ2) is 3.68. The maximum absolute atomic E-state index is 9.08. The highest BCUT2D eigenvalue weighted by Gasteiger charge is 2.11. The van der Waals surface area contributed by atoms with Crippen molar-refractivity contribution in [3.8, 4) is 17.4 Å². The Kier molecular flexibility index (Phi) is 2.06. The van der Waals surface area contributed by atoms with Crippen LogP contribution in [0.15, 0.2) is 41.1 Å². The van der Waals surface area contributed by atoms with Gasteiger partial charge in [-0.3, -0.25) is 0 Å². The Morgan fingerprint density at radius 2 is 2.12 bits per heavy atom. The number of rotatable bonds is 1. The summed E-state index contributed by atoms with van der Waals surface area (Å²) in [7, 11) is 0. The van der Waals surface area contributed by atoms with Gasteiger partial charge in [-0.05, 0) is 12.1 Å². The summed E-state index contributed by atoms with van der Waals surface area (Å²) in [5.41, 5.74) is 1.69. The lowest BCUT2D eigenvalue weighted by Crippen LogP contribution is -1.89. The number of nitrogens with zero attached hydrogens (tertiary/aromatic N) is 4. The normalized spacial score (nSPS) is 10.3. The van der Waals surface area contributed by atoms with Gasteiger partial charge in [-0.2, -0.15) is 5.26 Å². The van der Waals surface area contributed by atoms with E-state index in [1.54, 1.807) is 0 Å². The molecular weight excluding hydrogens is 216 g/mol. The van der Waals surface area contributed by atoms with Crippen molar-refractivity contribution in [2.45, 2.75) is 0 Å². The third-order valence-electron chi connectivity index (χ3n) is 2.46. The van der Waals surface area contributed by atoms with Crippen molar-refractivity contribution in [2.75, 3.05) is 0 Å². The van der Waals surface area contributed by atoms with Crippen LogP contribution in [0.4, 0.5) is 0 Å². The van der Waals surface area contributed by atoms with Crippen LogP contribution >= 0.6 is 0 Å². The van der Waals surface area contributed by atoms with Crippen molar-refractivity contribution < 1.29 is 4.52 Å². The fourth-order valence-corrected chi connectivity index (χ4v) is 1.67. The molecule has 5 nitrogen and oxygen atoms in total. The van der Waals surface area contributed by atoms with Crippen LogP contribution in [-0.2, 0) is 0 Å². The Labute approximate surface area is 96.3 Å². The minimum absolute atomic E-state index is 0.308. The first-order valence-electron chi connectivity index (χ1n) is 4.96. The molecule has 80 valence electrons. The maximum atomic E-state index is 9.08. The molecule has 0 aliphatic rings. The number of nitriles is 1. The first-order chi connectivity index (χ1) is 8.38. The Balaban J connectivity index is 2.34. The Morgan fingerprint density at radius 3 is 2.88 bits per heavy atom. The fraction of sp³-hybridized carbons (Fsp3) is 0. The molecule has 1 aromatic carbocycles. The minimum atomic E-state index is 0.308. The molecule has 0 aliphatic heterocycles. The molecule has 0 saturated carbocycles. The standard InChI is InChI=1S/C12H6N4O/c13-6-11-9(12-7-14-16-17-12)5-8-3-1-2-4-10(8)15-11/h1-5,7H. The zero-order valence-electron chi connectivity index (χ0n) is 8.66. The molecule has 17 heavy (non-hydrogen) atoms. The van der Waals surface area contributed by atoms with E-state index in [4.69, 9.17) is 9.78 Å². The molecule has 2 heterocycles. The van der Waals surface area contributed by atoms with E-state index in [0.717, 1.165) is 10.9 Å². The summed E-state index contributed by atoms with van der Waals surface area (Å²) in [6.45, 7) is 0. The van der Waals surface area contributed by atoms with Gasteiger partial charge in [-0.15, -0.1) is 5.10 Å². The van der Waals surface area contributed by atoms with Gasteiger partial charge in [0, 0.05) is 10.7 Å². The van der Waals surface area contributed by atoms with Crippen molar-refractivity contribution >= 4 is 10.9 Å². The number of hydrogen-bond donors (Lipinski definition) is 0. The molecular formula is C12H6N4O. The van der Waals surface area contributed by atoms with E-state index < -0.39 is 0 Å². The summed E-state index contributed by atoms with van der Waals surface area (Å²) in [6.07, 6.45) is 1.46. The summed E-state index contributed by atoms with van der Waals surface area (Å²) in [5.74, 6) is 0.444. The molecule has 0 unspecified atom stereocenters. The van der Waals surface area contributed by atoms with Crippen LogP contribution < -0.4 is 0 Å². The van der Waals surface area contributed by atoms with E-state index in [1.165, 1.54) is 6.20 Å². The van der Waals surface area contributed by atoms with Gasteiger partial charge < -0.3 is 4.52 Å². The fourth-order valence-electron chi connectivity index (χ4n) is 1.67. The smallest absolute Gasteiger partial charge is 0.190 e. The number of para-hydroxylation sites is 1. The van der Waals surface area contributed by atoms with Crippen molar-refractivity contribution in [2.24, 2.45) is 0 Å². The molecule has 0 fully saturated rings. The van der Waals surface area contributed by atoms with Crippen LogP contribution in [0.25, 0.3) is 22.2 Å². The van der Waals surface area contributed by atoms with E-state index in [0.29, 0.717) is 17.0 Å². The maximum Gasteiger partial charge on any atom is 0.190 e. The van der Waals surface area contributed by atoms with E-state index in [1.807, 2.05) is 36.4 Å². The van der Waals surface area contributed by atoms with Crippen LogP contribution in [-0.4, -0.2) is 15.4 Å². The van der Waals surface area contributed by atoms with E-state index in [-0.39, 0.29) is 0 Å². The summed E-state index contributed by atoms with van der Waals surface area (Å²) in [4.78, 5) is 4.27. The van der Waals surface area contributed by atoms with Crippen LogP contribution in [0.1, 0.15) is 5.69 Å². The predicted octanol–water partition coefficient (Wildman–Crippen LogP) is 2.16. The molecule has 0 N–H and O–H groups in total. The number of benzene rings is 1. The monoisotopic (exact) mass is 222 g/mol. The Bertz CT molecular complexity index is 713. The van der Waals surface area contributed by atoms with Crippen molar-refractivity contribution in [1.82, 2.24) is 15.4 Å². The summed E-state index contributed by atoms with van der Waals surface area (Å²) < 4.78 is 4.96. The second-order valence-electron chi connectivity index (χ2n) is 3.47. The van der Waals surface area contributed by atoms with Gasteiger partial charge in [0.1, 0.15) is 6.07 Å². The molecule has 3 aromatic rings. The average Bonchev–Trinajstić information content (AvgIpc) is 2.91. The number of aromatic nitrogens is 3. The highest BCUT2D eigenvalue weighted by atomic mass is 16.5. The minimum Gasteiger partial charge on any atom is -0.337 e. The summed E-state index contributed by atoms with van der Waals surface area (Å²) >= 11 is 0. The van der Waals surface area contributed by atoms with Crippen LogP contribution in [0.5, 0.6) is 0 Å². The van der Waals surface area contributed by atoms with Crippen molar-refractivity contribution in [3.63, 3.8) is 0 Å². The molecule has 0 radical (unpaired) electrons. The van der Waals surface area contributed by atoms with Crippen molar-refractivity contribution in [1.29, 1.82) is 5.26 Å². The van der Waals surface area contributed by atoms with Gasteiger partial charge in [-0.25, -0.2) is 4.98 Å². The van der Waals surface area contributed by atoms with Gasteiger partial charge in [-0.1, -0.05) is 18.2 Å². The Morgan fingerprint density at radius 1 is 1.24 bits per heavy atom. The van der Waals surface area contributed by atoms with E-state index >= 15 is 0 Å². The van der Waals surface area contributed by atoms with Crippen LogP contribution in [0.2, 0.25) is 0 Å². The van der Waals surface area contributed by atoms with Gasteiger partial charge in [0.15, 0.2) is 11.5 Å². The zero-order chi connectivity index (χ0) is 11.7. The molecule has 3 rings (SSSR count). The largest absolute Gasteiger partial charge is 0.337 e. The highest BCUT2D eigenvalue weighted by molar-refractivity contribution is 5.84. The van der Waals surface area contributed by atoms with Gasteiger partial charge >= 0.3 is 0 Å². The second-order valence-corrected chi connectivity index (χ2v) is 3.47. The summed E-state index contributed by atoms with van der Waals surface area (Å²) in [6, 6.07) is 11.5. The van der Waals surface area contributed by atoms with E-state index in [9.17, 15) is 0 Å². The topological polar surface area (TPSA) is 75.6 Å². The molecule has 0 amide bonds. The highest BCUT2D eigenvalue weighted by Crippen LogP contribution is 2.25. The molecule has 0 spiro atoms. The van der Waals surface area contributed by atoms with E-state index in [2.05, 4.69) is 15.4 Å². The Hall–Kier alpha value is -2.74. The van der Waals surface area contributed by atoms with Crippen LogP contribution in [0.3, 0.4) is 0 Å². The lowest BCUT2D eigenvalue weighted by Gasteiger charge is -2.01. The first kappa shape index (κ1) is 9.48. The molecule has 0 saturated heterocycles. The van der Waals surface area contributed by atoms with Gasteiger partial charge in [0.25, 0.3) is 0 Å². The van der Waals surface area contributed by atoms with Crippen molar-refractivity contribution in [3.05, 3.63) is 42.2 Å². The predicted molar refractivity (Wildman–Crippen MR) is 59.8 cm³/mol. The third kappa shape index (κ3) is 1.52. The van der Waals surface area contributed by atoms with Gasteiger partial charge in [0.05, 0.1) is 17.3 Å². The molecule has 0 atom stereocenters. The molecule has 0 aliphatic carbocycles. The SMILES string of the molecule is N#Cc1nc2ccccc2cc1-c1cnno1. The molecule has 2 aromatic heterocycles. The van der Waals surface area contributed by atoms with Crippen LogP contribution in [0, 0.1) is 11.3 Å². The lowest BCUT2D eigenvalue weighted by atomic mass is 10.1. The number of hydrogen-bond acceptors (Lipinski definition) is 5. The average molecular weight is 222 g/mol. The summed E-state index contributed by atoms with van der Waals surface area (Å²) in [5, 5.41) is 17.0. The quantitative estimate of drug-likeness (QED) is 0.630. The van der Waals surface area contributed by atoms with Gasteiger partial charge in [0.2, 0.25) is 0 Å². The third-order valence-corrected chi connectivity index (χ3v) is 2.46. The number of fused-ring (bicyclic) bond motifs is 1. The molecule has 0 bridgehead atoms. The first-order valence-corrected chi connectivity index (χ1v) is 4.96. The zero-order valence-corrected chi connectivity index (χ0v) is 8.66. The lowest BCUT2D eigenvalue weighted by molar-refractivity contribution is 0.403.